The van der Waals surface area contributed by atoms with E-state index in [4.69, 9.17) is 4.74 Å². The van der Waals surface area contributed by atoms with Crippen LogP contribution in [-0.2, 0) is 4.79 Å². The van der Waals surface area contributed by atoms with Crippen LogP contribution in [0.25, 0.3) is 0 Å². The predicted octanol–water partition coefficient (Wildman–Crippen LogP) is 1.81. The maximum absolute atomic E-state index is 11.8. The van der Waals surface area contributed by atoms with Gasteiger partial charge in [-0.3, -0.25) is 4.79 Å². The summed E-state index contributed by atoms with van der Waals surface area (Å²) in [5, 5.41) is 9.35. The second-order valence-electron chi connectivity index (χ2n) is 4.34. The van der Waals surface area contributed by atoms with Crippen LogP contribution in [-0.4, -0.2) is 41.7 Å². The number of aliphatic hydroxyl groups is 1. The molecule has 1 aromatic carbocycles. The second kappa shape index (κ2) is 6.20. The number of hydrogen-bond acceptors (Lipinski definition) is 3. The topological polar surface area (TPSA) is 49.8 Å². The van der Waals surface area contributed by atoms with E-state index >= 15 is 0 Å². The van der Waals surface area contributed by atoms with Crippen LogP contribution in [0.1, 0.15) is 12.8 Å². The highest BCUT2D eigenvalue weighted by Crippen LogP contribution is 2.18. The molecule has 98 valence electrons. The Balaban J connectivity index is 1.73. The minimum atomic E-state index is -0.361. The van der Waals surface area contributed by atoms with Crippen molar-refractivity contribution < 1.29 is 14.6 Å². The number of ether oxygens (including phenoxy) is 1. The van der Waals surface area contributed by atoms with E-state index in [1.807, 2.05) is 24.3 Å². The minimum Gasteiger partial charge on any atom is -0.493 e. The summed E-state index contributed by atoms with van der Waals surface area (Å²) in [6, 6.07) is 7.53. The van der Waals surface area contributed by atoms with Crippen LogP contribution in [0, 0.1) is 0 Å². The average Bonchev–Trinajstić information content (AvgIpc) is 2.76. The van der Waals surface area contributed by atoms with Gasteiger partial charge in [-0.15, -0.1) is 0 Å². The lowest BCUT2D eigenvalue weighted by Crippen LogP contribution is -2.30. The fraction of sp³-hybridized carbons (Fsp3) is 0.462. The van der Waals surface area contributed by atoms with Crippen molar-refractivity contribution >= 4 is 21.8 Å². The van der Waals surface area contributed by atoms with Gasteiger partial charge in [-0.1, -0.05) is 22.0 Å². The number of aliphatic hydroxyl groups excluding tert-OH is 1. The van der Waals surface area contributed by atoms with Crippen molar-refractivity contribution in [1.82, 2.24) is 4.90 Å². The lowest BCUT2D eigenvalue weighted by Gasteiger charge is -2.15. The first-order chi connectivity index (χ1) is 8.65. The zero-order valence-corrected chi connectivity index (χ0v) is 11.6. The summed E-state index contributed by atoms with van der Waals surface area (Å²) in [6.07, 6.45) is 0.664. The highest BCUT2D eigenvalue weighted by atomic mass is 79.9. The molecule has 0 radical (unpaired) electrons. The van der Waals surface area contributed by atoms with Gasteiger partial charge in [0.05, 0.1) is 19.1 Å². The summed E-state index contributed by atoms with van der Waals surface area (Å²) >= 11 is 3.36. The number of halogens is 1. The molecule has 1 atom stereocenters. The van der Waals surface area contributed by atoms with Crippen molar-refractivity contribution in [2.24, 2.45) is 0 Å². The smallest absolute Gasteiger partial charge is 0.226 e. The van der Waals surface area contributed by atoms with Crippen molar-refractivity contribution in [2.45, 2.75) is 18.9 Å². The van der Waals surface area contributed by atoms with E-state index in [1.165, 1.54) is 0 Å². The van der Waals surface area contributed by atoms with Crippen molar-refractivity contribution in [2.75, 3.05) is 19.7 Å². The Labute approximate surface area is 115 Å². The summed E-state index contributed by atoms with van der Waals surface area (Å²) in [7, 11) is 0. The number of nitrogens with zero attached hydrogens (tertiary/aromatic N) is 1. The Morgan fingerprint density at radius 3 is 3.06 bits per heavy atom. The summed E-state index contributed by atoms with van der Waals surface area (Å²) in [6.45, 7) is 1.47. The molecular formula is C13H16BrNO3. The monoisotopic (exact) mass is 313 g/mol. The summed E-state index contributed by atoms with van der Waals surface area (Å²) < 4.78 is 6.46. The number of hydrogen-bond donors (Lipinski definition) is 1. The van der Waals surface area contributed by atoms with Crippen LogP contribution in [0.5, 0.6) is 5.75 Å². The third-order valence-electron chi connectivity index (χ3n) is 2.90. The van der Waals surface area contributed by atoms with E-state index in [0.717, 1.165) is 10.2 Å². The molecule has 1 fully saturated rings. The molecule has 1 saturated heterocycles. The maximum Gasteiger partial charge on any atom is 0.226 e. The second-order valence-corrected chi connectivity index (χ2v) is 5.25. The molecular weight excluding hydrogens is 298 g/mol. The van der Waals surface area contributed by atoms with Gasteiger partial charge in [0.25, 0.3) is 0 Å². The Hall–Kier alpha value is -1.07. The van der Waals surface area contributed by atoms with Crippen LogP contribution in [0.4, 0.5) is 0 Å². The number of likely N-dealkylation sites (tertiary alicyclic amines) is 1. The first kappa shape index (κ1) is 13.4. The van der Waals surface area contributed by atoms with Crippen LogP contribution in [0.2, 0.25) is 0 Å². The third-order valence-corrected chi connectivity index (χ3v) is 3.39. The number of carbonyl (C=O) groups excluding carboxylic acids is 1. The van der Waals surface area contributed by atoms with Gasteiger partial charge in [-0.25, -0.2) is 0 Å². The van der Waals surface area contributed by atoms with Crippen molar-refractivity contribution in [3.8, 4) is 5.75 Å². The molecule has 5 heteroatoms. The molecule has 1 N–H and O–H groups in total. The Kier molecular flexibility index (Phi) is 4.60. The van der Waals surface area contributed by atoms with Gasteiger partial charge in [0.2, 0.25) is 5.91 Å². The highest BCUT2D eigenvalue weighted by Gasteiger charge is 2.23. The van der Waals surface area contributed by atoms with E-state index in [2.05, 4.69) is 15.9 Å². The van der Waals surface area contributed by atoms with Crippen LogP contribution >= 0.6 is 15.9 Å². The van der Waals surface area contributed by atoms with Crippen molar-refractivity contribution in [3.63, 3.8) is 0 Å². The van der Waals surface area contributed by atoms with Gasteiger partial charge >= 0.3 is 0 Å². The molecule has 0 aliphatic carbocycles. The number of rotatable bonds is 4. The molecule has 1 aliphatic heterocycles. The standard InChI is InChI=1S/C13H16BrNO3/c14-10-2-1-3-12(8-10)18-7-5-13(17)15-6-4-11(16)9-15/h1-3,8,11,16H,4-7,9H2/t11-/m0/s1. The minimum absolute atomic E-state index is 0.0431. The normalized spacial score (nSPS) is 19.0. The number of benzene rings is 1. The molecule has 1 heterocycles. The maximum atomic E-state index is 11.8. The predicted molar refractivity (Wildman–Crippen MR) is 71.5 cm³/mol. The van der Waals surface area contributed by atoms with E-state index in [0.29, 0.717) is 32.5 Å². The lowest BCUT2D eigenvalue weighted by molar-refractivity contribution is -0.131. The Bertz CT molecular complexity index is 424. The van der Waals surface area contributed by atoms with Crippen LogP contribution < -0.4 is 4.74 Å². The first-order valence-electron chi connectivity index (χ1n) is 5.99. The van der Waals surface area contributed by atoms with E-state index in [1.54, 1.807) is 4.90 Å². The van der Waals surface area contributed by atoms with E-state index < -0.39 is 0 Å². The molecule has 1 amide bonds. The van der Waals surface area contributed by atoms with Gasteiger partial charge in [-0.2, -0.15) is 0 Å². The largest absolute Gasteiger partial charge is 0.493 e. The van der Waals surface area contributed by atoms with Gasteiger partial charge in [0.1, 0.15) is 5.75 Å². The average molecular weight is 314 g/mol. The summed E-state index contributed by atoms with van der Waals surface area (Å²) in [5.74, 6) is 0.792. The van der Waals surface area contributed by atoms with Crippen molar-refractivity contribution in [1.29, 1.82) is 0 Å². The molecule has 0 unspecified atom stereocenters. The molecule has 1 aliphatic rings. The van der Waals surface area contributed by atoms with Gasteiger partial charge in [-0.05, 0) is 24.6 Å². The third kappa shape index (κ3) is 3.71. The molecule has 0 bridgehead atoms. The molecule has 0 spiro atoms. The summed E-state index contributed by atoms with van der Waals surface area (Å²) in [5.41, 5.74) is 0. The highest BCUT2D eigenvalue weighted by molar-refractivity contribution is 9.10. The molecule has 0 saturated carbocycles. The zero-order valence-electron chi connectivity index (χ0n) is 10.0. The zero-order chi connectivity index (χ0) is 13.0. The number of carbonyl (C=O) groups is 1. The molecule has 18 heavy (non-hydrogen) atoms. The molecule has 1 aromatic rings. The van der Waals surface area contributed by atoms with Crippen LogP contribution in [0.15, 0.2) is 28.7 Å². The quantitative estimate of drug-likeness (QED) is 0.922. The van der Waals surface area contributed by atoms with Crippen LogP contribution in [0.3, 0.4) is 0 Å². The molecule has 2 rings (SSSR count). The van der Waals surface area contributed by atoms with Gasteiger partial charge < -0.3 is 14.7 Å². The van der Waals surface area contributed by atoms with Gasteiger partial charge in [0, 0.05) is 17.6 Å². The van der Waals surface area contributed by atoms with Crippen molar-refractivity contribution in [3.05, 3.63) is 28.7 Å². The fourth-order valence-electron chi connectivity index (χ4n) is 1.94. The lowest BCUT2D eigenvalue weighted by atomic mass is 10.3. The Morgan fingerprint density at radius 1 is 1.56 bits per heavy atom. The first-order valence-corrected chi connectivity index (χ1v) is 6.78. The summed E-state index contributed by atoms with van der Waals surface area (Å²) in [4.78, 5) is 13.5. The number of β-amino-alcohol motifs (C(OH)–C–C–N with tert-alkyl or cyclic N) is 1. The molecule has 4 nitrogen and oxygen atoms in total. The molecule has 0 aromatic heterocycles. The van der Waals surface area contributed by atoms with E-state index in [9.17, 15) is 9.90 Å². The SMILES string of the molecule is O=C(CCOc1cccc(Br)c1)N1CC[C@H](O)C1. The fourth-order valence-corrected chi connectivity index (χ4v) is 2.32. The van der Waals surface area contributed by atoms with E-state index in [-0.39, 0.29) is 12.0 Å². The van der Waals surface area contributed by atoms with Gasteiger partial charge in [0.15, 0.2) is 0 Å². The number of amides is 1. The Morgan fingerprint density at radius 2 is 2.39 bits per heavy atom.